The molecule has 0 saturated carbocycles. The van der Waals surface area contributed by atoms with Crippen molar-refractivity contribution in [1.82, 2.24) is 14.1 Å². The van der Waals surface area contributed by atoms with E-state index in [9.17, 15) is 0 Å². The Bertz CT molecular complexity index is 2980. The number of hydrogen-bond acceptors (Lipinski definition) is 1. The van der Waals surface area contributed by atoms with Crippen LogP contribution < -0.4 is 0 Å². The number of aromatic nitrogens is 3. The van der Waals surface area contributed by atoms with Crippen LogP contribution in [0.5, 0.6) is 0 Å². The number of benzene rings is 7. The first-order chi connectivity index (χ1) is 27.0. The minimum absolute atomic E-state index is 0.0460. The first kappa shape index (κ1) is 31.8. The zero-order valence-corrected chi connectivity index (χ0v) is 30.9. The highest BCUT2D eigenvalue weighted by Crippen LogP contribution is 2.55. The zero-order chi connectivity index (χ0) is 36.7. The van der Waals surface area contributed by atoms with Crippen molar-refractivity contribution in [3.8, 4) is 33.9 Å². The molecule has 0 saturated heterocycles. The predicted molar refractivity (Wildman–Crippen MR) is 229 cm³/mol. The van der Waals surface area contributed by atoms with Crippen molar-refractivity contribution >= 4 is 38.4 Å². The molecule has 3 heteroatoms. The van der Waals surface area contributed by atoms with Crippen LogP contribution in [0.25, 0.3) is 72.3 Å². The van der Waals surface area contributed by atoms with Crippen LogP contribution in [0.4, 0.5) is 0 Å². The van der Waals surface area contributed by atoms with Crippen LogP contribution in [-0.2, 0) is 5.41 Å². The Hall–Kier alpha value is -6.71. The molecule has 0 amide bonds. The molecular formula is C52H39N3. The first-order valence-electron chi connectivity index (χ1n) is 19.3. The second kappa shape index (κ2) is 12.2. The van der Waals surface area contributed by atoms with E-state index in [0.717, 1.165) is 33.8 Å². The number of nitrogens with zero attached hydrogens (tertiary/aromatic N) is 3. The molecule has 2 aliphatic rings. The van der Waals surface area contributed by atoms with Gasteiger partial charge >= 0.3 is 0 Å². The molecule has 0 fully saturated rings. The van der Waals surface area contributed by atoms with Gasteiger partial charge in [-0.3, -0.25) is 4.57 Å². The molecule has 0 aliphatic heterocycles. The molecule has 3 nitrogen and oxygen atoms in total. The molecule has 7 aromatic carbocycles. The lowest BCUT2D eigenvalue weighted by Crippen LogP contribution is -2.25. The van der Waals surface area contributed by atoms with Crippen molar-refractivity contribution in [2.45, 2.75) is 25.2 Å². The van der Waals surface area contributed by atoms with Gasteiger partial charge in [0, 0.05) is 33.6 Å². The van der Waals surface area contributed by atoms with Crippen LogP contribution in [0.1, 0.15) is 36.5 Å². The molecule has 2 unspecified atom stereocenters. The van der Waals surface area contributed by atoms with E-state index in [4.69, 9.17) is 4.98 Å². The van der Waals surface area contributed by atoms with Gasteiger partial charge in [-0.1, -0.05) is 141 Å². The lowest BCUT2D eigenvalue weighted by atomic mass is 9.73. The van der Waals surface area contributed by atoms with Gasteiger partial charge in [0.25, 0.3) is 0 Å². The van der Waals surface area contributed by atoms with E-state index < -0.39 is 0 Å². The van der Waals surface area contributed by atoms with E-state index in [-0.39, 0.29) is 5.41 Å². The molecule has 2 aromatic heterocycles. The van der Waals surface area contributed by atoms with Crippen LogP contribution in [0, 0.1) is 5.92 Å². The average molecular weight is 706 g/mol. The average Bonchev–Trinajstić information content (AvgIpc) is 3.86. The molecule has 2 aliphatic carbocycles. The van der Waals surface area contributed by atoms with Gasteiger partial charge < -0.3 is 4.57 Å². The fourth-order valence-corrected chi connectivity index (χ4v) is 9.46. The highest BCUT2D eigenvalue weighted by atomic mass is 15.1. The third-order valence-electron chi connectivity index (χ3n) is 12.2. The second-order valence-corrected chi connectivity index (χ2v) is 15.7. The Morgan fingerprint density at radius 3 is 1.85 bits per heavy atom. The summed E-state index contributed by atoms with van der Waals surface area (Å²) in [5.41, 5.74) is 15.7. The molecule has 2 heterocycles. The summed E-state index contributed by atoms with van der Waals surface area (Å²) in [6.45, 7) is 4.88. The van der Waals surface area contributed by atoms with Gasteiger partial charge in [0.1, 0.15) is 5.82 Å². The lowest BCUT2D eigenvalue weighted by Gasteiger charge is -2.31. The molecule has 0 N–H and O–H groups in total. The number of hydrogen-bond donors (Lipinski definition) is 0. The van der Waals surface area contributed by atoms with Crippen LogP contribution in [0.15, 0.2) is 188 Å². The van der Waals surface area contributed by atoms with E-state index in [1.54, 1.807) is 0 Å². The van der Waals surface area contributed by atoms with E-state index in [1.165, 1.54) is 55.2 Å². The molecule has 0 bridgehead atoms. The van der Waals surface area contributed by atoms with Gasteiger partial charge in [-0.05, 0) is 105 Å². The smallest absolute Gasteiger partial charge is 0.145 e. The molecule has 0 radical (unpaired) electrons. The number of allylic oxidation sites excluding steroid dienone is 4. The maximum absolute atomic E-state index is 5.09. The van der Waals surface area contributed by atoms with E-state index in [1.807, 2.05) is 0 Å². The third-order valence-corrected chi connectivity index (χ3v) is 12.2. The zero-order valence-electron chi connectivity index (χ0n) is 30.9. The van der Waals surface area contributed by atoms with Crippen molar-refractivity contribution in [1.29, 1.82) is 0 Å². The van der Waals surface area contributed by atoms with Gasteiger partial charge in [0.2, 0.25) is 0 Å². The van der Waals surface area contributed by atoms with E-state index in [2.05, 4.69) is 211 Å². The number of fused-ring (bicyclic) bond motifs is 7. The topological polar surface area (TPSA) is 22.8 Å². The fourth-order valence-electron chi connectivity index (χ4n) is 9.46. The first-order valence-corrected chi connectivity index (χ1v) is 19.3. The van der Waals surface area contributed by atoms with Crippen molar-refractivity contribution in [3.05, 3.63) is 205 Å². The standard InChI is InChI=1S/C52H39N3/c1-52(2)45-31-38(35-16-8-4-9-17-35)22-28-41(45)42-32-44-43-30-37(34-14-6-3-7-15-34)23-29-48(43)54(50(44)33-46(42)52)39-24-26-40(27-25-39)55-49-21-13-12-20-47(49)53-51(55)36-18-10-5-11-19-36/h3-33,41,45H,1-2H3. The largest absolute Gasteiger partial charge is 0.309 e. The van der Waals surface area contributed by atoms with Gasteiger partial charge in [0.05, 0.1) is 22.1 Å². The Balaban J connectivity index is 1.10. The van der Waals surface area contributed by atoms with E-state index >= 15 is 0 Å². The summed E-state index contributed by atoms with van der Waals surface area (Å²) in [5, 5.41) is 2.57. The summed E-state index contributed by atoms with van der Waals surface area (Å²) in [5.74, 6) is 1.65. The number of para-hydroxylation sites is 2. The van der Waals surface area contributed by atoms with E-state index in [0.29, 0.717) is 11.8 Å². The van der Waals surface area contributed by atoms with Crippen LogP contribution in [-0.4, -0.2) is 14.1 Å². The SMILES string of the molecule is CC1(C)c2cc3c(cc2C2C=CC(c4ccccc4)=CC21)c1cc(-c2ccccc2)ccc1n3-c1ccc(-n2c(-c3ccccc3)nc3ccccc32)cc1. The summed E-state index contributed by atoms with van der Waals surface area (Å²) in [6.07, 6.45) is 7.34. The van der Waals surface area contributed by atoms with Crippen molar-refractivity contribution < 1.29 is 0 Å². The molecular weight excluding hydrogens is 667 g/mol. The minimum Gasteiger partial charge on any atom is -0.309 e. The van der Waals surface area contributed by atoms with Crippen molar-refractivity contribution in [2.24, 2.45) is 5.92 Å². The Labute approximate surface area is 321 Å². The van der Waals surface area contributed by atoms with Gasteiger partial charge in [-0.2, -0.15) is 0 Å². The normalized spacial score (nSPS) is 17.1. The van der Waals surface area contributed by atoms with Crippen molar-refractivity contribution in [2.75, 3.05) is 0 Å². The fraction of sp³-hybridized carbons (Fsp3) is 0.0962. The van der Waals surface area contributed by atoms with Gasteiger partial charge in [0.15, 0.2) is 0 Å². The number of rotatable bonds is 5. The summed E-state index contributed by atoms with van der Waals surface area (Å²) >= 11 is 0. The molecule has 11 rings (SSSR count). The van der Waals surface area contributed by atoms with Crippen LogP contribution >= 0.6 is 0 Å². The maximum atomic E-state index is 5.09. The monoisotopic (exact) mass is 705 g/mol. The Morgan fingerprint density at radius 2 is 1.13 bits per heavy atom. The summed E-state index contributed by atoms with van der Waals surface area (Å²) in [4.78, 5) is 5.09. The molecule has 2 atom stereocenters. The second-order valence-electron chi connectivity index (χ2n) is 15.7. The molecule has 9 aromatic rings. The molecule has 0 spiro atoms. The quantitative estimate of drug-likeness (QED) is 0.175. The number of imidazole rings is 1. The van der Waals surface area contributed by atoms with Crippen LogP contribution in [0.2, 0.25) is 0 Å². The lowest BCUT2D eigenvalue weighted by molar-refractivity contribution is 0.395. The predicted octanol–water partition coefficient (Wildman–Crippen LogP) is 13.1. The highest BCUT2D eigenvalue weighted by molar-refractivity contribution is 6.11. The molecule has 55 heavy (non-hydrogen) atoms. The van der Waals surface area contributed by atoms with Crippen molar-refractivity contribution in [3.63, 3.8) is 0 Å². The van der Waals surface area contributed by atoms with Gasteiger partial charge in [-0.15, -0.1) is 0 Å². The minimum atomic E-state index is -0.0460. The van der Waals surface area contributed by atoms with Crippen LogP contribution in [0.3, 0.4) is 0 Å². The van der Waals surface area contributed by atoms with Gasteiger partial charge in [-0.25, -0.2) is 4.98 Å². The summed E-state index contributed by atoms with van der Waals surface area (Å²) in [7, 11) is 0. The Kier molecular flexibility index (Phi) is 7.03. The molecule has 262 valence electrons. The summed E-state index contributed by atoms with van der Waals surface area (Å²) < 4.78 is 4.76. The Morgan fingerprint density at radius 1 is 0.509 bits per heavy atom. The third kappa shape index (κ3) is 4.93. The maximum Gasteiger partial charge on any atom is 0.145 e. The summed E-state index contributed by atoms with van der Waals surface area (Å²) in [6, 6.07) is 61.5. The highest BCUT2D eigenvalue weighted by Gasteiger charge is 2.45.